The molecule has 0 spiro atoms. The highest BCUT2D eigenvalue weighted by molar-refractivity contribution is 5.59. The number of nitro benzene ring substituents is 2. The summed E-state index contributed by atoms with van der Waals surface area (Å²) in [5.74, 6) is -1.15. The Morgan fingerprint density at radius 3 is 2.17 bits per heavy atom. The number of nitro groups is 2. The number of benzene rings is 2. The number of ether oxygens (including phenoxy) is 1. The predicted molar refractivity (Wildman–Crippen MR) is 79.1 cm³/mol. The van der Waals surface area contributed by atoms with Gasteiger partial charge in [0.25, 0.3) is 5.69 Å². The molecule has 0 aliphatic rings. The van der Waals surface area contributed by atoms with E-state index in [9.17, 15) is 30.4 Å². The highest BCUT2D eigenvalue weighted by Gasteiger charge is 2.22. The van der Waals surface area contributed by atoms with Gasteiger partial charge in [-0.25, -0.2) is 0 Å². The number of rotatable bonds is 4. The third-order valence-corrected chi connectivity index (χ3v) is 3.37. The second kappa shape index (κ2) is 5.79. The van der Waals surface area contributed by atoms with Crippen LogP contribution in [0.15, 0.2) is 24.3 Å². The van der Waals surface area contributed by atoms with Crippen molar-refractivity contribution >= 4 is 11.4 Å². The molecule has 0 amide bonds. The fraction of sp³-hybridized carbons (Fsp3) is 0.143. The molecule has 0 aromatic heterocycles. The SMILES string of the molecule is Cc1c(O)cc(Oc2cc([N+](=O)[O-])ccc2[N+](=O)[O-])c(O)c1C. The van der Waals surface area contributed by atoms with Crippen molar-refractivity contribution in [3.63, 3.8) is 0 Å². The van der Waals surface area contributed by atoms with E-state index < -0.39 is 27.0 Å². The van der Waals surface area contributed by atoms with Crippen LogP contribution in [0.2, 0.25) is 0 Å². The lowest BCUT2D eigenvalue weighted by atomic mass is 10.1. The summed E-state index contributed by atoms with van der Waals surface area (Å²) >= 11 is 0. The maximum absolute atomic E-state index is 11.0. The first kappa shape index (κ1) is 16.0. The van der Waals surface area contributed by atoms with Crippen LogP contribution in [0.1, 0.15) is 11.1 Å². The second-order valence-corrected chi connectivity index (χ2v) is 4.76. The van der Waals surface area contributed by atoms with Crippen LogP contribution in [0.5, 0.6) is 23.0 Å². The lowest BCUT2D eigenvalue weighted by molar-refractivity contribution is -0.389. The topological polar surface area (TPSA) is 136 Å². The molecule has 9 nitrogen and oxygen atoms in total. The van der Waals surface area contributed by atoms with Crippen molar-refractivity contribution in [3.8, 4) is 23.0 Å². The maximum Gasteiger partial charge on any atom is 0.312 e. The number of nitrogens with zero attached hydrogens (tertiary/aromatic N) is 2. The van der Waals surface area contributed by atoms with Gasteiger partial charge in [0.15, 0.2) is 11.5 Å². The third kappa shape index (κ3) is 2.98. The summed E-state index contributed by atoms with van der Waals surface area (Å²) in [6.45, 7) is 3.10. The molecule has 0 saturated heterocycles. The van der Waals surface area contributed by atoms with Crippen molar-refractivity contribution in [1.82, 2.24) is 0 Å². The van der Waals surface area contributed by atoms with Gasteiger partial charge in [-0.1, -0.05) is 0 Å². The Morgan fingerprint density at radius 2 is 1.61 bits per heavy atom. The van der Waals surface area contributed by atoms with Crippen LogP contribution in [0.25, 0.3) is 0 Å². The van der Waals surface area contributed by atoms with Crippen LogP contribution in [0.4, 0.5) is 11.4 Å². The second-order valence-electron chi connectivity index (χ2n) is 4.76. The Hall–Kier alpha value is -3.36. The Bertz CT molecular complexity index is 817. The monoisotopic (exact) mass is 320 g/mol. The van der Waals surface area contributed by atoms with Gasteiger partial charge in [-0.3, -0.25) is 20.2 Å². The molecule has 0 aliphatic carbocycles. The minimum atomic E-state index is -0.767. The van der Waals surface area contributed by atoms with Gasteiger partial charge in [-0.05, 0) is 19.4 Å². The normalized spacial score (nSPS) is 10.3. The Labute approximate surface area is 129 Å². The van der Waals surface area contributed by atoms with E-state index in [1.54, 1.807) is 6.92 Å². The molecular formula is C14H12N2O7. The molecular weight excluding hydrogens is 308 g/mol. The van der Waals surface area contributed by atoms with Gasteiger partial charge >= 0.3 is 5.69 Å². The molecule has 2 aromatic carbocycles. The zero-order valence-corrected chi connectivity index (χ0v) is 12.1. The molecule has 0 fully saturated rings. The van der Waals surface area contributed by atoms with Gasteiger partial charge in [-0.2, -0.15) is 0 Å². The zero-order valence-electron chi connectivity index (χ0n) is 12.1. The van der Waals surface area contributed by atoms with E-state index in [0.29, 0.717) is 11.1 Å². The van der Waals surface area contributed by atoms with Crippen molar-refractivity contribution in [2.75, 3.05) is 0 Å². The van der Waals surface area contributed by atoms with E-state index in [1.807, 2.05) is 0 Å². The highest BCUT2D eigenvalue weighted by atomic mass is 16.6. The molecule has 2 N–H and O–H groups in total. The number of phenols is 2. The van der Waals surface area contributed by atoms with E-state index >= 15 is 0 Å². The molecule has 2 rings (SSSR count). The van der Waals surface area contributed by atoms with Crippen molar-refractivity contribution in [3.05, 3.63) is 55.6 Å². The highest BCUT2D eigenvalue weighted by Crippen LogP contribution is 2.42. The average molecular weight is 320 g/mol. The number of hydrogen-bond acceptors (Lipinski definition) is 7. The summed E-state index contributed by atoms with van der Waals surface area (Å²) in [5.41, 5.74) is -0.165. The fourth-order valence-electron chi connectivity index (χ4n) is 1.90. The number of hydrogen-bond donors (Lipinski definition) is 2. The number of non-ortho nitro benzene ring substituents is 1. The van der Waals surface area contributed by atoms with Crippen molar-refractivity contribution in [2.45, 2.75) is 13.8 Å². The average Bonchev–Trinajstić information content (AvgIpc) is 2.50. The molecule has 0 bridgehead atoms. The van der Waals surface area contributed by atoms with Crippen LogP contribution in [-0.2, 0) is 0 Å². The lowest BCUT2D eigenvalue weighted by Gasteiger charge is -2.12. The van der Waals surface area contributed by atoms with Gasteiger partial charge in [0.05, 0.1) is 15.9 Å². The zero-order chi connectivity index (χ0) is 17.3. The van der Waals surface area contributed by atoms with E-state index in [1.165, 1.54) is 6.92 Å². The van der Waals surface area contributed by atoms with Crippen LogP contribution >= 0.6 is 0 Å². The lowest BCUT2D eigenvalue weighted by Crippen LogP contribution is -1.97. The number of phenolic OH excluding ortho intramolecular Hbond substituents is 2. The van der Waals surface area contributed by atoms with Gasteiger partial charge in [-0.15, -0.1) is 0 Å². The smallest absolute Gasteiger partial charge is 0.312 e. The molecule has 9 heteroatoms. The summed E-state index contributed by atoms with van der Waals surface area (Å²) < 4.78 is 5.25. The van der Waals surface area contributed by atoms with Crippen molar-refractivity contribution < 1.29 is 24.8 Å². The molecule has 2 aromatic rings. The molecule has 23 heavy (non-hydrogen) atoms. The quantitative estimate of drug-likeness (QED) is 0.501. The van der Waals surface area contributed by atoms with E-state index in [0.717, 1.165) is 24.3 Å². The summed E-state index contributed by atoms with van der Waals surface area (Å²) in [4.78, 5) is 20.3. The van der Waals surface area contributed by atoms with Gasteiger partial charge in [0, 0.05) is 23.8 Å². The van der Waals surface area contributed by atoms with E-state index in [2.05, 4.69) is 0 Å². The van der Waals surface area contributed by atoms with Crippen LogP contribution in [0.3, 0.4) is 0 Å². The summed E-state index contributed by atoms with van der Waals surface area (Å²) in [6, 6.07) is 3.87. The Balaban J connectivity index is 2.57. The predicted octanol–water partition coefficient (Wildman–Crippen LogP) is 3.32. The molecule has 0 heterocycles. The molecule has 0 radical (unpaired) electrons. The third-order valence-electron chi connectivity index (χ3n) is 3.37. The first-order valence-corrected chi connectivity index (χ1v) is 6.35. The first-order valence-electron chi connectivity index (χ1n) is 6.35. The maximum atomic E-state index is 11.0. The van der Waals surface area contributed by atoms with Crippen molar-refractivity contribution in [2.24, 2.45) is 0 Å². The molecule has 0 unspecified atom stereocenters. The van der Waals surface area contributed by atoms with Crippen LogP contribution in [0, 0.1) is 34.1 Å². The van der Waals surface area contributed by atoms with E-state index in [4.69, 9.17) is 4.74 Å². The summed E-state index contributed by atoms with van der Waals surface area (Å²) in [5, 5.41) is 41.6. The van der Waals surface area contributed by atoms with Crippen LogP contribution < -0.4 is 4.74 Å². The van der Waals surface area contributed by atoms with Gasteiger partial charge in [0.2, 0.25) is 5.75 Å². The first-order chi connectivity index (χ1) is 10.7. The summed E-state index contributed by atoms with van der Waals surface area (Å²) in [6.07, 6.45) is 0. The van der Waals surface area contributed by atoms with Crippen LogP contribution in [-0.4, -0.2) is 20.1 Å². The minimum absolute atomic E-state index is 0.177. The molecule has 0 atom stereocenters. The molecule has 120 valence electrons. The standard InChI is InChI=1S/C14H12N2O7/c1-7-8(2)14(18)13(6-11(7)17)23-12-5-9(15(19)20)3-4-10(12)16(21)22/h3-6,17-18H,1-2H3. The largest absolute Gasteiger partial charge is 0.508 e. The van der Waals surface area contributed by atoms with Crippen molar-refractivity contribution in [1.29, 1.82) is 0 Å². The Morgan fingerprint density at radius 1 is 0.957 bits per heavy atom. The summed E-state index contributed by atoms with van der Waals surface area (Å²) in [7, 11) is 0. The van der Waals surface area contributed by atoms with E-state index in [-0.39, 0.29) is 17.2 Å². The van der Waals surface area contributed by atoms with Gasteiger partial charge < -0.3 is 14.9 Å². The number of aromatic hydroxyl groups is 2. The minimum Gasteiger partial charge on any atom is -0.508 e. The van der Waals surface area contributed by atoms with Gasteiger partial charge in [0.1, 0.15) is 5.75 Å². The fourth-order valence-corrected chi connectivity index (χ4v) is 1.90. The molecule has 0 aliphatic heterocycles. The molecule has 0 saturated carbocycles. The Kier molecular flexibility index (Phi) is 4.04.